The molecule has 0 aliphatic carbocycles. The molecule has 0 fully saturated rings. The van der Waals surface area contributed by atoms with E-state index in [1.54, 1.807) is 24.5 Å². The third-order valence-corrected chi connectivity index (χ3v) is 4.83. The van der Waals surface area contributed by atoms with Gasteiger partial charge in [0.1, 0.15) is 11.0 Å². The van der Waals surface area contributed by atoms with Gasteiger partial charge in [-0.05, 0) is 24.3 Å². The molecule has 4 heterocycles. The van der Waals surface area contributed by atoms with Crippen LogP contribution in [0.5, 0.6) is 11.8 Å². The van der Waals surface area contributed by atoms with Gasteiger partial charge in [-0.3, -0.25) is 9.97 Å². The van der Waals surface area contributed by atoms with Gasteiger partial charge < -0.3 is 51.8 Å². The van der Waals surface area contributed by atoms with Crippen molar-refractivity contribution in [1.82, 2.24) is 19.9 Å². The number of hydrogen-bond donors (Lipinski definition) is 2. The van der Waals surface area contributed by atoms with Gasteiger partial charge in [-0.15, -0.1) is 0 Å². The molecule has 17 heteroatoms. The quantitative estimate of drug-likeness (QED) is 0.0821. The van der Waals surface area contributed by atoms with Crippen molar-refractivity contribution < 1.29 is 47.8 Å². The van der Waals surface area contributed by atoms with Crippen molar-refractivity contribution in [3.63, 3.8) is 0 Å². The maximum absolute atomic E-state index is 9.35. The van der Waals surface area contributed by atoms with E-state index >= 15 is 0 Å². The Hall–Kier alpha value is -5.51. The van der Waals surface area contributed by atoms with Crippen molar-refractivity contribution in [1.29, 1.82) is 0 Å². The van der Waals surface area contributed by atoms with Gasteiger partial charge in [0.15, 0.2) is 0 Å². The van der Waals surface area contributed by atoms with Crippen LogP contribution in [-0.4, -0.2) is 40.3 Å². The zero-order chi connectivity index (χ0) is 27.7. The van der Waals surface area contributed by atoms with E-state index < -0.39 is 10.2 Å². The van der Waals surface area contributed by atoms with E-state index in [1.165, 1.54) is 0 Å². The molecule has 0 unspecified atom stereocenters. The fraction of sp³-hybridized carbons (Fsp3) is 0. The number of rotatable bonds is 0. The number of pyridine rings is 4. The fourth-order valence-electron chi connectivity index (χ4n) is 3.43. The van der Waals surface area contributed by atoms with Crippen LogP contribution in [0.1, 0.15) is 0 Å². The smallest absolute Gasteiger partial charge is 0.493 e. The third-order valence-electron chi connectivity index (χ3n) is 4.83. The Bertz CT molecular complexity index is 1620. The summed E-state index contributed by atoms with van der Waals surface area (Å²) in [6, 6.07) is 22.5. The van der Waals surface area contributed by atoms with E-state index in [0.29, 0.717) is 0 Å². The molecule has 0 aliphatic heterocycles. The Kier molecular flexibility index (Phi) is 14.2. The first-order valence-electron chi connectivity index (χ1n) is 10.5. The molecule has 6 aromatic rings. The molecule has 0 spiro atoms. The van der Waals surface area contributed by atoms with Crippen LogP contribution in [0.3, 0.4) is 0 Å². The van der Waals surface area contributed by atoms with Crippen molar-refractivity contribution in [2.24, 2.45) is 0 Å². The van der Waals surface area contributed by atoms with Crippen molar-refractivity contribution in [3.05, 3.63) is 116 Å². The summed E-state index contributed by atoms with van der Waals surface area (Å²) in [5, 5.41) is 52.2. The zero-order valence-electron chi connectivity index (χ0n) is 20.6. The molecule has 4 aromatic heterocycles. The molecular formula is C24H22N6NiO10+2. The molecule has 41 heavy (non-hydrogen) atoms. The van der Waals surface area contributed by atoms with Crippen LogP contribution in [0.2, 0.25) is 0 Å². The van der Waals surface area contributed by atoms with Crippen LogP contribution in [0.25, 0.3) is 43.6 Å². The Morgan fingerprint density at radius 3 is 1.10 bits per heavy atom. The predicted octanol–water partition coefficient (Wildman–Crippen LogP) is 2.65. The summed E-state index contributed by atoms with van der Waals surface area (Å²) < 4.78 is 0. The van der Waals surface area contributed by atoms with E-state index in [-0.39, 0.29) is 39.2 Å². The van der Waals surface area contributed by atoms with Gasteiger partial charge >= 0.3 is 16.5 Å². The van der Waals surface area contributed by atoms with Crippen LogP contribution in [0, 0.1) is 30.6 Å². The normalized spacial score (nSPS) is 9.17. The standard InChI is InChI=1S/2C12H8N2O.2NO3.Ni.2H2O/c2*15-10-6-5-9-4-3-8-2-1-7-13-11(8)12(9)14-10;2*2-1(3)4;;;/h2*1-7H,(H,14,15);;;;2*1H2/q;;2*-1;+2;;/p+2. The van der Waals surface area contributed by atoms with Gasteiger partial charge in [-0.1, -0.05) is 36.4 Å². The monoisotopic (exact) mass is 612 g/mol. The van der Waals surface area contributed by atoms with Gasteiger partial charge in [-0.25, -0.2) is 9.97 Å². The summed E-state index contributed by atoms with van der Waals surface area (Å²) in [4.78, 5) is 33.2. The number of nitrogens with zero attached hydrogens (tertiary/aromatic N) is 6. The summed E-state index contributed by atoms with van der Waals surface area (Å²) in [5.74, 6) is 0.0568. The number of aromatic nitrogens is 4. The molecule has 0 aliphatic rings. The number of fused-ring (bicyclic) bond motifs is 6. The van der Waals surface area contributed by atoms with Crippen LogP contribution in [0.4, 0.5) is 0 Å². The van der Waals surface area contributed by atoms with E-state index in [4.69, 9.17) is 30.6 Å². The molecular weight excluding hydrogens is 591 g/mol. The minimum absolute atomic E-state index is 0. The van der Waals surface area contributed by atoms with Crippen LogP contribution >= 0.6 is 0 Å². The van der Waals surface area contributed by atoms with Crippen LogP contribution in [0.15, 0.2) is 85.2 Å². The Morgan fingerprint density at radius 1 is 0.512 bits per heavy atom. The van der Waals surface area contributed by atoms with Crippen molar-refractivity contribution in [2.75, 3.05) is 0 Å². The third kappa shape index (κ3) is 9.95. The van der Waals surface area contributed by atoms with Crippen molar-refractivity contribution >= 4 is 43.6 Å². The average Bonchev–Trinajstić information content (AvgIpc) is 2.88. The molecule has 16 nitrogen and oxygen atoms in total. The van der Waals surface area contributed by atoms with Gasteiger partial charge in [0, 0.05) is 46.1 Å². The summed E-state index contributed by atoms with van der Waals surface area (Å²) in [6.07, 6.45) is 3.46. The summed E-state index contributed by atoms with van der Waals surface area (Å²) >= 11 is 0. The predicted molar refractivity (Wildman–Crippen MR) is 148 cm³/mol. The first-order chi connectivity index (χ1) is 18.2. The molecule has 0 radical (unpaired) electrons. The molecule has 0 bridgehead atoms. The van der Waals surface area contributed by atoms with Crippen LogP contribution < -0.4 is 0 Å². The number of hydrogen-bond acceptors (Lipinski definition) is 12. The SMILES string of the molecule is O=[N+]([O-])[O-].O=[N+]([O-])[O-].Oc1ccc2ccc3cccnc3c2n1.Oc1ccc2ccc3cccnc3c2n1.[Ni+2].[OH3+].[OH3+]. The zero-order valence-corrected chi connectivity index (χ0v) is 21.6. The maximum Gasteiger partial charge on any atom is 2.00 e. The van der Waals surface area contributed by atoms with Gasteiger partial charge in [0.05, 0.1) is 21.2 Å². The van der Waals surface area contributed by atoms with E-state index in [1.807, 2.05) is 60.7 Å². The van der Waals surface area contributed by atoms with Crippen LogP contribution in [-0.2, 0) is 27.4 Å². The second-order valence-electron chi connectivity index (χ2n) is 7.21. The topological polar surface area (TPSA) is 290 Å². The molecule has 6 rings (SSSR count). The second-order valence-corrected chi connectivity index (χ2v) is 7.21. The van der Waals surface area contributed by atoms with Gasteiger partial charge in [0.25, 0.3) is 0 Å². The minimum atomic E-state index is -1.75. The Labute approximate surface area is 239 Å². The fourth-order valence-corrected chi connectivity index (χ4v) is 3.43. The Balaban J connectivity index is 0.000000588. The minimum Gasteiger partial charge on any atom is -0.493 e. The average molecular weight is 613 g/mol. The first-order valence-corrected chi connectivity index (χ1v) is 10.5. The van der Waals surface area contributed by atoms with E-state index in [9.17, 15) is 10.2 Å². The maximum atomic E-state index is 9.35. The molecule has 2 aromatic carbocycles. The second kappa shape index (κ2) is 16.5. The van der Waals surface area contributed by atoms with Gasteiger partial charge in [0.2, 0.25) is 11.8 Å². The molecule has 0 amide bonds. The Morgan fingerprint density at radius 2 is 0.780 bits per heavy atom. The molecule has 0 saturated heterocycles. The molecule has 216 valence electrons. The molecule has 0 saturated carbocycles. The first kappa shape index (κ1) is 35.5. The molecule has 8 N–H and O–H groups in total. The summed E-state index contributed by atoms with van der Waals surface area (Å²) in [5.41, 5.74) is 3.14. The molecule has 0 atom stereocenters. The van der Waals surface area contributed by atoms with E-state index in [2.05, 4.69) is 19.9 Å². The summed E-state index contributed by atoms with van der Waals surface area (Å²) in [6.45, 7) is 0. The largest absolute Gasteiger partial charge is 2.00 e. The number of benzene rings is 2. The number of aromatic hydroxyl groups is 2. The van der Waals surface area contributed by atoms with Crippen molar-refractivity contribution in [2.45, 2.75) is 0 Å². The van der Waals surface area contributed by atoms with E-state index in [0.717, 1.165) is 43.6 Å². The van der Waals surface area contributed by atoms with Crippen molar-refractivity contribution in [3.8, 4) is 11.8 Å². The van der Waals surface area contributed by atoms with Gasteiger partial charge in [-0.2, -0.15) is 0 Å². The summed E-state index contributed by atoms with van der Waals surface area (Å²) in [7, 11) is 0.